The van der Waals surface area contributed by atoms with E-state index in [1.165, 1.54) is 5.56 Å². The van der Waals surface area contributed by atoms with Gasteiger partial charge in [-0.05, 0) is 17.9 Å². The number of hydrogen-bond acceptors (Lipinski definition) is 4. The molecule has 2 rings (SSSR count). The highest BCUT2D eigenvalue weighted by Crippen LogP contribution is 2.27. The molecule has 23 heavy (non-hydrogen) atoms. The van der Waals surface area contributed by atoms with Gasteiger partial charge in [0.1, 0.15) is 5.01 Å². The van der Waals surface area contributed by atoms with Gasteiger partial charge in [-0.3, -0.25) is 4.79 Å². The van der Waals surface area contributed by atoms with Crippen molar-refractivity contribution in [3.63, 3.8) is 0 Å². The summed E-state index contributed by atoms with van der Waals surface area (Å²) in [7, 11) is 0. The predicted octanol–water partition coefficient (Wildman–Crippen LogP) is 4.69. The molecule has 0 spiro atoms. The van der Waals surface area contributed by atoms with Crippen molar-refractivity contribution in [3.05, 3.63) is 40.9 Å². The number of aromatic nitrogens is 1. The number of amides is 1. The number of benzene rings is 1. The maximum atomic E-state index is 11.6. The first-order valence-electron chi connectivity index (χ1n) is 7.99. The van der Waals surface area contributed by atoms with E-state index in [9.17, 15) is 4.79 Å². The first kappa shape index (κ1) is 18.0. The first-order valence-corrected chi connectivity index (χ1v) is 10.0. The molecule has 5 heteroatoms. The van der Waals surface area contributed by atoms with Gasteiger partial charge in [0.2, 0.25) is 5.91 Å². The zero-order valence-corrected chi connectivity index (χ0v) is 15.6. The van der Waals surface area contributed by atoms with Gasteiger partial charge < -0.3 is 5.32 Å². The van der Waals surface area contributed by atoms with Gasteiger partial charge >= 0.3 is 0 Å². The third-order valence-electron chi connectivity index (χ3n) is 3.43. The number of thioether (sulfide) groups is 1. The highest BCUT2D eigenvalue weighted by molar-refractivity contribution is 7.99. The van der Waals surface area contributed by atoms with Crippen LogP contribution in [0.15, 0.2) is 29.6 Å². The molecule has 0 aliphatic heterocycles. The molecule has 124 valence electrons. The minimum absolute atomic E-state index is 0.108. The van der Waals surface area contributed by atoms with Crippen LogP contribution in [0.2, 0.25) is 0 Å². The molecule has 0 unspecified atom stereocenters. The lowest BCUT2D eigenvalue weighted by Gasteiger charge is -2.05. The topological polar surface area (TPSA) is 42.0 Å². The fourth-order valence-corrected chi connectivity index (χ4v) is 3.76. The Kier molecular flexibility index (Phi) is 7.12. The van der Waals surface area contributed by atoms with Crippen molar-refractivity contribution in [2.45, 2.75) is 38.9 Å². The standard InChI is InChI=1S/C18H24N2OS2/c1-4-9-19-17(21)12-22-10-16-11-23-18(20-16)15-7-5-14(6-8-15)13(2)3/h5-8,11,13H,4,9-10,12H2,1-3H3,(H,19,21). The van der Waals surface area contributed by atoms with Crippen LogP contribution in [0, 0.1) is 0 Å². The molecule has 2 aromatic rings. The van der Waals surface area contributed by atoms with Gasteiger partial charge in [-0.1, -0.05) is 45.0 Å². The second-order valence-corrected chi connectivity index (χ2v) is 7.61. The molecule has 1 N–H and O–H groups in total. The zero-order chi connectivity index (χ0) is 16.7. The van der Waals surface area contributed by atoms with E-state index in [1.807, 2.05) is 0 Å². The number of hydrogen-bond donors (Lipinski definition) is 1. The summed E-state index contributed by atoms with van der Waals surface area (Å²) in [5.41, 5.74) is 3.56. The van der Waals surface area contributed by atoms with Crippen LogP contribution in [0.5, 0.6) is 0 Å². The summed E-state index contributed by atoms with van der Waals surface area (Å²) in [6.07, 6.45) is 0.974. The second-order valence-electron chi connectivity index (χ2n) is 5.76. The minimum Gasteiger partial charge on any atom is -0.355 e. The number of nitrogens with zero attached hydrogens (tertiary/aromatic N) is 1. The summed E-state index contributed by atoms with van der Waals surface area (Å²) in [6.45, 7) is 7.21. The average Bonchev–Trinajstić information content (AvgIpc) is 3.02. The van der Waals surface area contributed by atoms with Gasteiger partial charge in [-0.2, -0.15) is 0 Å². The van der Waals surface area contributed by atoms with Crippen LogP contribution in [-0.2, 0) is 10.5 Å². The quantitative estimate of drug-likeness (QED) is 0.752. The zero-order valence-electron chi connectivity index (χ0n) is 14.0. The van der Waals surface area contributed by atoms with Gasteiger partial charge in [0.25, 0.3) is 0 Å². The molecule has 0 atom stereocenters. The average molecular weight is 349 g/mol. The van der Waals surface area contributed by atoms with Crippen LogP contribution < -0.4 is 5.32 Å². The van der Waals surface area contributed by atoms with E-state index in [0.717, 1.165) is 35.0 Å². The van der Waals surface area contributed by atoms with E-state index in [1.54, 1.807) is 23.1 Å². The third-order valence-corrected chi connectivity index (χ3v) is 5.34. The predicted molar refractivity (Wildman–Crippen MR) is 101 cm³/mol. The largest absolute Gasteiger partial charge is 0.355 e. The summed E-state index contributed by atoms with van der Waals surface area (Å²) in [6, 6.07) is 8.63. The molecule has 0 aliphatic carbocycles. The molecule has 0 fully saturated rings. The Morgan fingerprint density at radius 1 is 1.30 bits per heavy atom. The summed E-state index contributed by atoms with van der Waals surface area (Å²) in [5, 5.41) is 6.02. The molecule has 0 aliphatic rings. The van der Waals surface area contributed by atoms with Crippen LogP contribution in [0.1, 0.15) is 44.4 Å². The highest BCUT2D eigenvalue weighted by atomic mass is 32.2. The van der Waals surface area contributed by atoms with Crippen molar-refractivity contribution >= 4 is 29.0 Å². The van der Waals surface area contributed by atoms with Crippen molar-refractivity contribution in [1.29, 1.82) is 0 Å². The van der Waals surface area contributed by atoms with Crippen molar-refractivity contribution < 1.29 is 4.79 Å². The maximum absolute atomic E-state index is 11.6. The smallest absolute Gasteiger partial charge is 0.230 e. The van der Waals surface area contributed by atoms with Crippen LogP contribution in [-0.4, -0.2) is 23.2 Å². The number of rotatable bonds is 8. The fourth-order valence-electron chi connectivity index (χ4n) is 2.08. The molecular weight excluding hydrogens is 324 g/mol. The third kappa shape index (κ3) is 5.66. The molecule has 3 nitrogen and oxygen atoms in total. The van der Waals surface area contributed by atoms with Crippen LogP contribution >= 0.6 is 23.1 Å². The molecule has 0 radical (unpaired) electrons. The van der Waals surface area contributed by atoms with Gasteiger partial charge in [0.05, 0.1) is 11.4 Å². The maximum Gasteiger partial charge on any atom is 0.230 e. The number of carbonyl (C=O) groups excluding carboxylic acids is 1. The summed E-state index contributed by atoms with van der Waals surface area (Å²) in [5.74, 6) is 1.93. The lowest BCUT2D eigenvalue weighted by molar-refractivity contribution is -0.118. The molecule has 0 saturated heterocycles. The Labute approximate surface area is 146 Å². The lowest BCUT2D eigenvalue weighted by atomic mass is 10.0. The van der Waals surface area contributed by atoms with Crippen molar-refractivity contribution in [3.8, 4) is 10.6 Å². The Hall–Kier alpha value is -1.33. The Morgan fingerprint density at radius 2 is 2.04 bits per heavy atom. The Bertz CT molecular complexity index is 620. The minimum atomic E-state index is 0.108. The van der Waals surface area contributed by atoms with Crippen molar-refractivity contribution in [1.82, 2.24) is 10.3 Å². The fraction of sp³-hybridized carbons (Fsp3) is 0.444. The van der Waals surface area contributed by atoms with E-state index in [4.69, 9.17) is 0 Å². The molecule has 1 heterocycles. The number of thiazole rings is 1. The highest BCUT2D eigenvalue weighted by Gasteiger charge is 2.07. The van der Waals surface area contributed by atoms with Crippen LogP contribution in [0.4, 0.5) is 0 Å². The first-order chi connectivity index (χ1) is 11.1. The Morgan fingerprint density at radius 3 is 2.70 bits per heavy atom. The van der Waals surface area contributed by atoms with Gasteiger partial charge in [0.15, 0.2) is 0 Å². The SMILES string of the molecule is CCCNC(=O)CSCc1csc(-c2ccc(C(C)C)cc2)n1. The molecular formula is C18H24N2OS2. The van der Waals surface area contributed by atoms with Gasteiger partial charge in [-0.15, -0.1) is 23.1 Å². The Balaban J connectivity index is 1.86. The summed E-state index contributed by atoms with van der Waals surface area (Å²) in [4.78, 5) is 16.2. The summed E-state index contributed by atoms with van der Waals surface area (Å²) >= 11 is 3.28. The van der Waals surface area contributed by atoms with Gasteiger partial charge in [0, 0.05) is 23.2 Å². The monoisotopic (exact) mass is 348 g/mol. The van der Waals surface area contributed by atoms with E-state index in [2.05, 4.69) is 60.7 Å². The molecule has 1 aromatic heterocycles. The molecule has 0 bridgehead atoms. The van der Waals surface area contributed by atoms with Crippen LogP contribution in [0.3, 0.4) is 0 Å². The summed E-state index contributed by atoms with van der Waals surface area (Å²) < 4.78 is 0. The van der Waals surface area contributed by atoms with E-state index in [-0.39, 0.29) is 5.91 Å². The normalized spacial score (nSPS) is 11.0. The van der Waals surface area contributed by atoms with E-state index in [0.29, 0.717) is 11.7 Å². The molecule has 1 aromatic carbocycles. The lowest BCUT2D eigenvalue weighted by Crippen LogP contribution is -2.25. The van der Waals surface area contributed by atoms with Crippen LogP contribution in [0.25, 0.3) is 10.6 Å². The molecule has 1 amide bonds. The van der Waals surface area contributed by atoms with Gasteiger partial charge in [-0.25, -0.2) is 4.98 Å². The number of nitrogens with one attached hydrogen (secondary N) is 1. The number of carbonyl (C=O) groups is 1. The van der Waals surface area contributed by atoms with Crippen molar-refractivity contribution in [2.75, 3.05) is 12.3 Å². The van der Waals surface area contributed by atoms with E-state index < -0.39 is 0 Å². The second kappa shape index (κ2) is 9.08. The van der Waals surface area contributed by atoms with Crippen molar-refractivity contribution in [2.24, 2.45) is 0 Å². The molecule has 0 saturated carbocycles. The van der Waals surface area contributed by atoms with E-state index >= 15 is 0 Å².